The van der Waals surface area contributed by atoms with Gasteiger partial charge in [0.15, 0.2) is 5.82 Å². The first-order valence-electron chi connectivity index (χ1n) is 7.53. The fraction of sp³-hybridized carbons (Fsp3) is 0.846. The Labute approximate surface area is 129 Å². The molecule has 0 bridgehead atoms. The number of aromatic nitrogens is 2. The highest BCUT2D eigenvalue weighted by Crippen LogP contribution is 2.27. The summed E-state index contributed by atoms with van der Waals surface area (Å²) in [5, 5.41) is 3.90. The highest BCUT2D eigenvalue weighted by molar-refractivity contribution is 7.88. The molecule has 0 saturated carbocycles. The molecule has 0 aliphatic carbocycles. The van der Waals surface area contributed by atoms with Gasteiger partial charge in [0.2, 0.25) is 10.0 Å². The zero-order valence-electron chi connectivity index (χ0n) is 12.6. The third kappa shape index (κ3) is 3.83. The van der Waals surface area contributed by atoms with E-state index in [1.807, 2.05) is 0 Å². The van der Waals surface area contributed by atoms with Crippen LogP contribution in [0.1, 0.15) is 43.5 Å². The van der Waals surface area contributed by atoms with E-state index in [0.29, 0.717) is 37.6 Å². The van der Waals surface area contributed by atoms with Crippen LogP contribution in [-0.4, -0.2) is 54.9 Å². The van der Waals surface area contributed by atoms with Gasteiger partial charge in [0.05, 0.1) is 12.4 Å². The van der Waals surface area contributed by atoms with Crippen LogP contribution in [0.3, 0.4) is 0 Å². The van der Waals surface area contributed by atoms with E-state index in [2.05, 4.69) is 10.1 Å². The quantitative estimate of drug-likeness (QED) is 0.789. The number of hydrogen-bond donors (Lipinski definition) is 0. The van der Waals surface area contributed by atoms with Crippen molar-refractivity contribution >= 4 is 10.0 Å². The third-order valence-electron chi connectivity index (χ3n) is 4.01. The Morgan fingerprint density at radius 1 is 1.32 bits per heavy atom. The molecule has 2 saturated heterocycles. The molecule has 1 aromatic heterocycles. The lowest BCUT2D eigenvalue weighted by Crippen LogP contribution is -2.40. The van der Waals surface area contributed by atoms with Crippen LogP contribution in [-0.2, 0) is 26.1 Å². The van der Waals surface area contributed by atoms with E-state index in [4.69, 9.17) is 14.0 Å². The van der Waals surface area contributed by atoms with E-state index in [-0.39, 0.29) is 18.8 Å². The molecule has 124 valence electrons. The van der Waals surface area contributed by atoms with Crippen molar-refractivity contribution in [2.75, 3.05) is 26.0 Å². The summed E-state index contributed by atoms with van der Waals surface area (Å²) < 4.78 is 40.8. The molecule has 1 aromatic rings. The van der Waals surface area contributed by atoms with Crippen molar-refractivity contribution in [1.29, 1.82) is 0 Å². The standard InChI is InChI=1S/C13H21N3O5S/c1-22(17,18)16-6-4-10(5-7-16)20-9-12-14-13(21-15-12)11-3-2-8-19-11/h10-11H,2-9H2,1H3. The average Bonchev–Trinajstić information content (AvgIpc) is 3.15. The number of piperidine rings is 1. The summed E-state index contributed by atoms with van der Waals surface area (Å²) in [5.41, 5.74) is 0. The normalized spacial score (nSPS) is 24.9. The van der Waals surface area contributed by atoms with Crippen LogP contribution < -0.4 is 0 Å². The van der Waals surface area contributed by atoms with Crippen LogP contribution >= 0.6 is 0 Å². The minimum atomic E-state index is -3.10. The van der Waals surface area contributed by atoms with Crippen molar-refractivity contribution in [2.24, 2.45) is 0 Å². The number of rotatable bonds is 5. The Morgan fingerprint density at radius 2 is 2.09 bits per heavy atom. The Bertz CT molecular complexity index is 589. The van der Waals surface area contributed by atoms with Gasteiger partial charge in [0.25, 0.3) is 5.89 Å². The maximum Gasteiger partial charge on any atom is 0.255 e. The van der Waals surface area contributed by atoms with Gasteiger partial charge in [-0.05, 0) is 25.7 Å². The minimum Gasteiger partial charge on any atom is -0.370 e. The molecule has 0 N–H and O–H groups in total. The van der Waals surface area contributed by atoms with Gasteiger partial charge in [-0.2, -0.15) is 4.98 Å². The van der Waals surface area contributed by atoms with Gasteiger partial charge in [0.1, 0.15) is 12.7 Å². The third-order valence-corrected chi connectivity index (χ3v) is 5.31. The first kappa shape index (κ1) is 15.9. The number of nitrogens with zero attached hydrogens (tertiary/aromatic N) is 3. The lowest BCUT2D eigenvalue weighted by atomic mass is 10.1. The molecule has 2 aliphatic heterocycles. The molecular formula is C13H21N3O5S. The summed E-state index contributed by atoms with van der Waals surface area (Å²) in [6, 6.07) is 0. The largest absolute Gasteiger partial charge is 0.370 e. The summed E-state index contributed by atoms with van der Waals surface area (Å²) in [7, 11) is -3.10. The van der Waals surface area contributed by atoms with Gasteiger partial charge < -0.3 is 14.0 Å². The van der Waals surface area contributed by atoms with E-state index in [0.717, 1.165) is 19.4 Å². The van der Waals surface area contributed by atoms with E-state index >= 15 is 0 Å². The summed E-state index contributed by atoms with van der Waals surface area (Å²) in [5.74, 6) is 1.03. The molecule has 0 radical (unpaired) electrons. The van der Waals surface area contributed by atoms with E-state index in [1.165, 1.54) is 10.6 Å². The molecule has 0 amide bonds. The van der Waals surface area contributed by atoms with Crippen LogP contribution in [0.4, 0.5) is 0 Å². The maximum absolute atomic E-state index is 11.4. The zero-order valence-corrected chi connectivity index (χ0v) is 13.4. The molecule has 0 spiro atoms. The Hall–Kier alpha value is -1.03. The van der Waals surface area contributed by atoms with Gasteiger partial charge in [-0.1, -0.05) is 5.16 Å². The molecule has 0 aromatic carbocycles. The first-order chi connectivity index (χ1) is 10.5. The minimum absolute atomic E-state index is 0.0303. The molecule has 3 heterocycles. The van der Waals surface area contributed by atoms with Crippen LogP contribution in [0.5, 0.6) is 0 Å². The van der Waals surface area contributed by atoms with Crippen LogP contribution in [0.2, 0.25) is 0 Å². The predicted molar refractivity (Wildman–Crippen MR) is 76.5 cm³/mol. The molecule has 3 rings (SSSR count). The SMILES string of the molecule is CS(=O)(=O)N1CCC(OCc2noc(C3CCCO3)n2)CC1. The monoisotopic (exact) mass is 331 g/mol. The highest BCUT2D eigenvalue weighted by Gasteiger charge is 2.26. The number of sulfonamides is 1. The Balaban J connectivity index is 1.45. The van der Waals surface area contributed by atoms with E-state index < -0.39 is 10.0 Å². The molecule has 1 atom stereocenters. The second-order valence-corrected chi connectivity index (χ2v) is 7.71. The molecule has 9 heteroatoms. The summed E-state index contributed by atoms with van der Waals surface area (Å²) >= 11 is 0. The van der Waals surface area contributed by atoms with Gasteiger partial charge in [-0.3, -0.25) is 0 Å². The van der Waals surface area contributed by atoms with E-state index in [9.17, 15) is 8.42 Å². The van der Waals surface area contributed by atoms with Crippen molar-refractivity contribution in [3.05, 3.63) is 11.7 Å². The summed E-state index contributed by atoms with van der Waals surface area (Å²) in [4.78, 5) is 4.30. The topological polar surface area (TPSA) is 94.8 Å². The van der Waals surface area contributed by atoms with Gasteiger partial charge in [0, 0.05) is 19.7 Å². The second kappa shape index (κ2) is 6.61. The molecule has 2 fully saturated rings. The molecule has 8 nitrogen and oxygen atoms in total. The Morgan fingerprint density at radius 3 is 2.73 bits per heavy atom. The van der Waals surface area contributed by atoms with E-state index in [1.54, 1.807) is 0 Å². The smallest absolute Gasteiger partial charge is 0.255 e. The van der Waals surface area contributed by atoms with Gasteiger partial charge in [-0.15, -0.1) is 0 Å². The van der Waals surface area contributed by atoms with Gasteiger partial charge >= 0.3 is 0 Å². The van der Waals surface area contributed by atoms with Gasteiger partial charge in [-0.25, -0.2) is 12.7 Å². The number of ether oxygens (including phenoxy) is 2. The average molecular weight is 331 g/mol. The first-order valence-corrected chi connectivity index (χ1v) is 9.38. The summed E-state index contributed by atoms with van der Waals surface area (Å²) in [6.45, 7) is 2.01. The van der Waals surface area contributed by atoms with Crippen LogP contribution in [0.25, 0.3) is 0 Å². The van der Waals surface area contributed by atoms with Crippen molar-refractivity contribution < 1.29 is 22.4 Å². The summed E-state index contributed by atoms with van der Waals surface area (Å²) in [6.07, 6.45) is 4.47. The van der Waals surface area contributed by atoms with Crippen molar-refractivity contribution in [1.82, 2.24) is 14.4 Å². The van der Waals surface area contributed by atoms with Crippen LogP contribution in [0.15, 0.2) is 4.52 Å². The second-order valence-electron chi connectivity index (χ2n) is 5.72. The van der Waals surface area contributed by atoms with Crippen LogP contribution in [0, 0.1) is 0 Å². The van der Waals surface area contributed by atoms with Crippen molar-refractivity contribution in [3.63, 3.8) is 0 Å². The molecule has 22 heavy (non-hydrogen) atoms. The fourth-order valence-electron chi connectivity index (χ4n) is 2.75. The lowest BCUT2D eigenvalue weighted by Gasteiger charge is -2.29. The molecule has 1 unspecified atom stereocenters. The highest BCUT2D eigenvalue weighted by atomic mass is 32.2. The Kier molecular flexibility index (Phi) is 4.76. The molecular weight excluding hydrogens is 310 g/mol. The fourth-order valence-corrected chi connectivity index (χ4v) is 3.63. The van der Waals surface area contributed by atoms with Crippen molar-refractivity contribution in [2.45, 2.75) is 44.5 Å². The van der Waals surface area contributed by atoms with Crippen molar-refractivity contribution in [3.8, 4) is 0 Å². The zero-order chi connectivity index (χ0) is 15.6. The molecule has 2 aliphatic rings. The lowest BCUT2D eigenvalue weighted by molar-refractivity contribution is 0.00645. The number of hydrogen-bond acceptors (Lipinski definition) is 7. The maximum atomic E-state index is 11.4. The predicted octanol–water partition coefficient (Wildman–Crippen LogP) is 0.862.